The van der Waals surface area contributed by atoms with Crippen LogP contribution in [0.15, 0.2) is 0 Å². The minimum Gasteiger partial charge on any atom is -0.466 e. The van der Waals surface area contributed by atoms with Crippen LogP contribution in [0.2, 0.25) is 0 Å². The van der Waals surface area contributed by atoms with Crippen molar-refractivity contribution in [3.63, 3.8) is 0 Å². The Kier molecular flexibility index (Phi) is 15.4. The fraction of sp³-hybridized carbons (Fsp3) is 0.957. The van der Waals surface area contributed by atoms with Gasteiger partial charge in [0.15, 0.2) is 0 Å². The van der Waals surface area contributed by atoms with E-state index in [1.165, 1.54) is 70.6 Å². The van der Waals surface area contributed by atoms with E-state index in [1.54, 1.807) is 0 Å². The molecule has 25 heavy (non-hydrogen) atoms. The van der Waals surface area contributed by atoms with Crippen molar-refractivity contribution in [1.29, 1.82) is 0 Å². The van der Waals surface area contributed by atoms with E-state index < -0.39 is 0 Å². The highest BCUT2D eigenvalue weighted by Gasteiger charge is 2.08. The van der Waals surface area contributed by atoms with Crippen molar-refractivity contribution in [2.75, 3.05) is 6.61 Å². The lowest BCUT2D eigenvalue weighted by Gasteiger charge is -2.17. The molecule has 0 aliphatic carbocycles. The van der Waals surface area contributed by atoms with E-state index in [0.29, 0.717) is 18.4 Å². The molecule has 0 aliphatic rings. The SMILES string of the molecule is CC(C)CCCCCCCCCC(=O)OCCCCCCC(C)(C)C. The van der Waals surface area contributed by atoms with E-state index in [2.05, 4.69) is 34.6 Å². The summed E-state index contributed by atoms with van der Waals surface area (Å²) >= 11 is 0. The molecule has 0 radical (unpaired) electrons. The second-order valence-corrected chi connectivity index (χ2v) is 9.35. The quantitative estimate of drug-likeness (QED) is 0.210. The molecule has 0 aromatic rings. The zero-order valence-corrected chi connectivity index (χ0v) is 18.0. The molecule has 0 N–H and O–H groups in total. The maximum atomic E-state index is 11.7. The number of esters is 1. The largest absolute Gasteiger partial charge is 0.466 e. The highest BCUT2D eigenvalue weighted by molar-refractivity contribution is 5.69. The number of unbranched alkanes of at least 4 members (excludes halogenated alkanes) is 9. The molecule has 0 saturated heterocycles. The van der Waals surface area contributed by atoms with Crippen molar-refractivity contribution in [2.24, 2.45) is 11.3 Å². The first kappa shape index (κ1) is 24.5. The van der Waals surface area contributed by atoms with Gasteiger partial charge in [-0.3, -0.25) is 4.79 Å². The standard InChI is InChI=1S/C23H46O2/c1-21(2)17-13-9-7-6-8-10-14-18-22(24)25-20-16-12-11-15-19-23(3,4)5/h21H,6-20H2,1-5H3. The first-order chi connectivity index (χ1) is 11.8. The molecular formula is C23H46O2. The monoisotopic (exact) mass is 354 g/mol. The minimum absolute atomic E-state index is 0.00613. The molecule has 2 heteroatoms. The van der Waals surface area contributed by atoms with Gasteiger partial charge >= 0.3 is 5.97 Å². The third-order valence-electron chi connectivity index (χ3n) is 4.75. The van der Waals surface area contributed by atoms with Crippen LogP contribution in [0.1, 0.15) is 125 Å². The van der Waals surface area contributed by atoms with Crippen molar-refractivity contribution in [3.05, 3.63) is 0 Å². The Hall–Kier alpha value is -0.530. The van der Waals surface area contributed by atoms with Crippen LogP contribution in [0.4, 0.5) is 0 Å². The number of rotatable bonds is 16. The Morgan fingerprint density at radius 3 is 1.88 bits per heavy atom. The van der Waals surface area contributed by atoms with Gasteiger partial charge < -0.3 is 4.74 Å². The Balaban J connectivity index is 3.23. The number of carbonyl (C=O) groups is 1. The van der Waals surface area contributed by atoms with Crippen LogP contribution >= 0.6 is 0 Å². The van der Waals surface area contributed by atoms with E-state index in [1.807, 2.05) is 0 Å². The van der Waals surface area contributed by atoms with Gasteiger partial charge in [-0.1, -0.05) is 98.8 Å². The number of carbonyl (C=O) groups excluding carboxylic acids is 1. The van der Waals surface area contributed by atoms with E-state index in [0.717, 1.165) is 18.8 Å². The summed E-state index contributed by atoms with van der Waals surface area (Å²) in [5, 5.41) is 0. The second-order valence-electron chi connectivity index (χ2n) is 9.35. The summed E-state index contributed by atoms with van der Waals surface area (Å²) in [6.45, 7) is 12.1. The van der Waals surface area contributed by atoms with Gasteiger partial charge in [0.25, 0.3) is 0 Å². The van der Waals surface area contributed by atoms with Gasteiger partial charge in [0.2, 0.25) is 0 Å². The summed E-state index contributed by atoms with van der Waals surface area (Å²) in [5.41, 5.74) is 0.445. The second kappa shape index (κ2) is 15.7. The summed E-state index contributed by atoms with van der Waals surface area (Å²) in [4.78, 5) is 11.7. The smallest absolute Gasteiger partial charge is 0.305 e. The summed E-state index contributed by atoms with van der Waals surface area (Å²) in [6, 6.07) is 0. The van der Waals surface area contributed by atoms with E-state index in [9.17, 15) is 4.79 Å². The van der Waals surface area contributed by atoms with Crippen LogP contribution < -0.4 is 0 Å². The molecule has 0 saturated carbocycles. The molecule has 0 unspecified atom stereocenters. The summed E-state index contributed by atoms with van der Waals surface area (Å²) in [6.07, 6.45) is 16.9. The van der Waals surface area contributed by atoms with E-state index in [-0.39, 0.29) is 5.97 Å². The molecule has 2 nitrogen and oxygen atoms in total. The van der Waals surface area contributed by atoms with Gasteiger partial charge in [-0.15, -0.1) is 0 Å². The summed E-state index contributed by atoms with van der Waals surface area (Å²) < 4.78 is 5.33. The third-order valence-corrected chi connectivity index (χ3v) is 4.75. The zero-order chi connectivity index (χ0) is 19.0. The molecule has 150 valence electrons. The van der Waals surface area contributed by atoms with E-state index in [4.69, 9.17) is 4.74 Å². The molecule has 0 atom stereocenters. The highest BCUT2D eigenvalue weighted by Crippen LogP contribution is 2.22. The van der Waals surface area contributed by atoms with Crippen molar-refractivity contribution in [3.8, 4) is 0 Å². The molecule has 0 bridgehead atoms. The first-order valence-corrected chi connectivity index (χ1v) is 11.0. The maximum absolute atomic E-state index is 11.7. The lowest BCUT2D eigenvalue weighted by molar-refractivity contribution is -0.143. The van der Waals surface area contributed by atoms with Crippen molar-refractivity contribution in [1.82, 2.24) is 0 Å². The molecule has 0 amide bonds. The minimum atomic E-state index is 0.00613. The lowest BCUT2D eigenvalue weighted by Crippen LogP contribution is -2.06. The van der Waals surface area contributed by atoms with Gasteiger partial charge in [-0.05, 0) is 30.6 Å². The Bertz CT molecular complexity index is 302. The summed E-state index contributed by atoms with van der Waals surface area (Å²) in [7, 11) is 0. The third kappa shape index (κ3) is 21.4. The molecule has 0 fully saturated rings. The topological polar surface area (TPSA) is 26.3 Å². The number of hydrogen-bond donors (Lipinski definition) is 0. The maximum Gasteiger partial charge on any atom is 0.305 e. The van der Waals surface area contributed by atoms with Gasteiger partial charge in [-0.2, -0.15) is 0 Å². The van der Waals surface area contributed by atoms with Crippen LogP contribution in [0.5, 0.6) is 0 Å². The Morgan fingerprint density at radius 2 is 1.28 bits per heavy atom. The van der Waals surface area contributed by atoms with Gasteiger partial charge in [0.1, 0.15) is 0 Å². The summed E-state index contributed by atoms with van der Waals surface area (Å²) in [5.74, 6) is 0.848. The molecule has 0 heterocycles. The first-order valence-electron chi connectivity index (χ1n) is 11.0. The molecular weight excluding hydrogens is 308 g/mol. The zero-order valence-electron chi connectivity index (χ0n) is 18.0. The van der Waals surface area contributed by atoms with Gasteiger partial charge in [0, 0.05) is 6.42 Å². The molecule has 0 spiro atoms. The number of hydrogen-bond acceptors (Lipinski definition) is 2. The predicted molar refractivity (Wildman–Crippen MR) is 110 cm³/mol. The average molecular weight is 355 g/mol. The highest BCUT2D eigenvalue weighted by atomic mass is 16.5. The van der Waals surface area contributed by atoms with Gasteiger partial charge in [-0.25, -0.2) is 0 Å². The molecule has 0 aliphatic heterocycles. The Labute approximate surface area is 158 Å². The van der Waals surface area contributed by atoms with Crippen molar-refractivity contribution >= 4 is 5.97 Å². The fourth-order valence-electron chi connectivity index (χ4n) is 3.07. The molecule has 0 aromatic heterocycles. The van der Waals surface area contributed by atoms with E-state index >= 15 is 0 Å². The van der Waals surface area contributed by atoms with Crippen LogP contribution in [0.25, 0.3) is 0 Å². The van der Waals surface area contributed by atoms with Crippen molar-refractivity contribution in [2.45, 2.75) is 125 Å². The fourth-order valence-corrected chi connectivity index (χ4v) is 3.07. The normalized spacial score (nSPS) is 11.9. The van der Waals surface area contributed by atoms with Crippen LogP contribution in [0.3, 0.4) is 0 Å². The number of ether oxygens (including phenoxy) is 1. The van der Waals surface area contributed by atoms with Crippen LogP contribution in [-0.2, 0) is 9.53 Å². The lowest BCUT2D eigenvalue weighted by atomic mass is 9.89. The Morgan fingerprint density at radius 1 is 0.760 bits per heavy atom. The average Bonchev–Trinajstić information content (AvgIpc) is 2.51. The van der Waals surface area contributed by atoms with Crippen LogP contribution in [-0.4, -0.2) is 12.6 Å². The molecule has 0 aromatic carbocycles. The molecule has 0 rings (SSSR count). The predicted octanol–water partition coefficient (Wildman–Crippen LogP) is 7.69. The van der Waals surface area contributed by atoms with Crippen molar-refractivity contribution < 1.29 is 9.53 Å². The van der Waals surface area contributed by atoms with Gasteiger partial charge in [0.05, 0.1) is 6.61 Å². The van der Waals surface area contributed by atoms with Crippen LogP contribution in [0, 0.1) is 11.3 Å².